The highest BCUT2D eigenvalue weighted by atomic mass is 79.9. The van der Waals surface area contributed by atoms with Gasteiger partial charge < -0.3 is 4.74 Å². The SMILES string of the molecule is COc1ccccc1Cn1c(SCC#N)nc2ccc(Br)cc2c1=O. The molecule has 0 N–H and O–H groups in total. The highest BCUT2D eigenvalue weighted by Crippen LogP contribution is 2.23. The number of nitriles is 1. The molecule has 25 heavy (non-hydrogen) atoms. The van der Waals surface area contributed by atoms with Crippen LogP contribution in [-0.2, 0) is 6.54 Å². The molecule has 0 bridgehead atoms. The summed E-state index contributed by atoms with van der Waals surface area (Å²) in [6.45, 7) is 0.325. The normalized spacial score (nSPS) is 10.6. The highest BCUT2D eigenvalue weighted by Gasteiger charge is 2.14. The van der Waals surface area contributed by atoms with Crippen molar-refractivity contribution >= 4 is 38.6 Å². The van der Waals surface area contributed by atoms with Crippen molar-refractivity contribution in [2.75, 3.05) is 12.9 Å². The van der Waals surface area contributed by atoms with Crippen molar-refractivity contribution in [2.45, 2.75) is 11.7 Å². The molecule has 0 unspecified atom stereocenters. The maximum atomic E-state index is 13.0. The summed E-state index contributed by atoms with van der Waals surface area (Å²) in [5.41, 5.74) is 1.35. The minimum absolute atomic E-state index is 0.141. The summed E-state index contributed by atoms with van der Waals surface area (Å²) in [6, 6.07) is 15.0. The summed E-state index contributed by atoms with van der Waals surface area (Å²) in [5, 5.41) is 9.95. The molecule has 7 heteroatoms. The Kier molecular flexibility index (Phi) is 5.41. The van der Waals surface area contributed by atoms with Gasteiger partial charge in [-0.2, -0.15) is 5.26 Å². The number of fused-ring (bicyclic) bond motifs is 1. The van der Waals surface area contributed by atoms with Crippen LogP contribution >= 0.6 is 27.7 Å². The summed E-state index contributed by atoms with van der Waals surface area (Å²) in [5.74, 6) is 0.931. The van der Waals surface area contributed by atoms with Crippen LogP contribution in [0.1, 0.15) is 5.56 Å². The Bertz CT molecular complexity index is 1030. The summed E-state index contributed by atoms with van der Waals surface area (Å²) in [6.07, 6.45) is 0. The first-order chi connectivity index (χ1) is 12.1. The van der Waals surface area contributed by atoms with E-state index in [1.165, 1.54) is 11.8 Å². The first kappa shape index (κ1) is 17.5. The number of aromatic nitrogens is 2. The maximum Gasteiger partial charge on any atom is 0.262 e. The molecule has 1 aromatic heterocycles. The number of rotatable bonds is 5. The lowest BCUT2D eigenvalue weighted by atomic mass is 10.2. The molecular weight excluding hydrogens is 402 g/mol. The molecule has 5 nitrogen and oxygen atoms in total. The number of ether oxygens (including phenoxy) is 1. The molecule has 0 saturated carbocycles. The number of hydrogen-bond donors (Lipinski definition) is 0. The van der Waals surface area contributed by atoms with E-state index in [0.29, 0.717) is 28.4 Å². The predicted octanol–water partition coefficient (Wildman–Crippen LogP) is 3.83. The summed E-state index contributed by atoms with van der Waals surface area (Å²) in [7, 11) is 1.60. The Hall–Kier alpha value is -2.30. The van der Waals surface area contributed by atoms with Crippen molar-refractivity contribution in [3.05, 3.63) is 62.9 Å². The zero-order chi connectivity index (χ0) is 17.8. The van der Waals surface area contributed by atoms with E-state index in [-0.39, 0.29) is 11.3 Å². The quantitative estimate of drug-likeness (QED) is 0.467. The van der Waals surface area contributed by atoms with Gasteiger partial charge in [-0.05, 0) is 24.3 Å². The van der Waals surface area contributed by atoms with Gasteiger partial charge in [0.25, 0.3) is 5.56 Å². The van der Waals surface area contributed by atoms with E-state index in [2.05, 4.69) is 27.0 Å². The van der Waals surface area contributed by atoms with E-state index in [9.17, 15) is 4.79 Å². The van der Waals surface area contributed by atoms with Crippen molar-refractivity contribution in [1.82, 2.24) is 9.55 Å². The summed E-state index contributed by atoms with van der Waals surface area (Å²) >= 11 is 4.65. The highest BCUT2D eigenvalue weighted by molar-refractivity contribution is 9.10. The van der Waals surface area contributed by atoms with Crippen LogP contribution < -0.4 is 10.3 Å². The van der Waals surface area contributed by atoms with E-state index in [0.717, 1.165) is 10.0 Å². The van der Waals surface area contributed by atoms with E-state index in [1.807, 2.05) is 30.3 Å². The molecular formula is C18H14BrN3O2S. The molecule has 1 heterocycles. The average Bonchev–Trinajstić information content (AvgIpc) is 2.63. The number of thioether (sulfide) groups is 1. The lowest BCUT2D eigenvalue weighted by Crippen LogP contribution is -2.24. The Balaban J connectivity index is 2.18. The number of methoxy groups -OCH3 is 1. The van der Waals surface area contributed by atoms with Gasteiger partial charge in [0.1, 0.15) is 5.75 Å². The van der Waals surface area contributed by atoms with Crippen LogP contribution in [0, 0.1) is 11.3 Å². The van der Waals surface area contributed by atoms with E-state index in [4.69, 9.17) is 10.00 Å². The van der Waals surface area contributed by atoms with Gasteiger partial charge in [0, 0.05) is 10.0 Å². The average molecular weight is 416 g/mol. The smallest absolute Gasteiger partial charge is 0.262 e. The van der Waals surface area contributed by atoms with Crippen molar-refractivity contribution < 1.29 is 4.74 Å². The van der Waals surface area contributed by atoms with Crippen molar-refractivity contribution in [3.63, 3.8) is 0 Å². The van der Waals surface area contributed by atoms with Crippen LogP contribution in [0.5, 0.6) is 5.75 Å². The second-order valence-corrected chi connectivity index (χ2v) is 7.06. The van der Waals surface area contributed by atoms with Gasteiger partial charge in [0.05, 0.1) is 36.4 Å². The Morgan fingerprint density at radius 1 is 1.32 bits per heavy atom. The zero-order valence-corrected chi connectivity index (χ0v) is 15.8. The third-order valence-electron chi connectivity index (χ3n) is 3.67. The minimum Gasteiger partial charge on any atom is -0.496 e. The molecule has 0 fully saturated rings. The number of benzene rings is 2. The molecule has 0 saturated heterocycles. The van der Waals surface area contributed by atoms with Gasteiger partial charge in [0.15, 0.2) is 5.16 Å². The second-order valence-electron chi connectivity index (χ2n) is 5.21. The Labute approximate surface area is 157 Å². The fourth-order valence-electron chi connectivity index (χ4n) is 2.52. The molecule has 0 spiro atoms. The van der Waals surface area contributed by atoms with Crippen LogP contribution in [0.15, 0.2) is 56.9 Å². The fraction of sp³-hybridized carbons (Fsp3) is 0.167. The third kappa shape index (κ3) is 3.70. The second kappa shape index (κ2) is 7.72. The van der Waals surface area contributed by atoms with Crippen LogP contribution in [0.25, 0.3) is 10.9 Å². The fourth-order valence-corrected chi connectivity index (χ4v) is 3.54. The Morgan fingerprint density at radius 3 is 2.88 bits per heavy atom. The third-order valence-corrected chi connectivity index (χ3v) is 5.00. The predicted molar refractivity (Wildman–Crippen MR) is 102 cm³/mol. The van der Waals surface area contributed by atoms with Crippen molar-refractivity contribution in [1.29, 1.82) is 5.26 Å². The van der Waals surface area contributed by atoms with Gasteiger partial charge in [-0.25, -0.2) is 4.98 Å². The molecule has 0 radical (unpaired) electrons. The summed E-state index contributed by atoms with van der Waals surface area (Å²) < 4.78 is 7.79. The molecule has 3 aromatic rings. The molecule has 0 atom stereocenters. The molecule has 0 aliphatic carbocycles. The Morgan fingerprint density at radius 2 is 2.12 bits per heavy atom. The number of hydrogen-bond acceptors (Lipinski definition) is 5. The van der Waals surface area contributed by atoms with E-state index < -0.39 is 0 Å². The van der Waals surface area contributed by atoms with Crippen LogP contribution in [0.2, 0.25) is 0 Å². The summed E-state index contributed by atoms with van der Waals surface area (Å²) in [4.78, 5) is 17.6. The monoisotopic (exact) mass is 415 g/mol. The molecule has 126 valence electrons. The van der Waals surface area contributed by atoms with Crippen molar-refractivity contribution in [2.24, 2.45) is 0 Å². The molecule has 2 aromatic carbocycles. The zero-order valence-electron chi connectivity index (χ0n) is 13.4. The van der Waals surface area contributed by atoms with E-state index >= 15 is 0 Å². The standard InChI is InChI=1S/C18H14BrN3O2S/c1-24-16-5-3-2-4-12(16)11-22-17(23)14-10-13(19)6-7-15(14)21-18(22)25-9-8-20/h2-7,10H,9,11H2,1H3. The van der Waals surface area contributed by atoms with Gasteiger partial charge in [-0.1, -0.05) is 45.9 Å². The minimum atomic E-state index is -0.141. The number of para-hydroxylation sites is 1. The van der Waals surface area contributed by atoms with Gasteiger partial charge >= 0.3 is 0 Å². The molecule has 0 aliphatic heterocycles. The lowest BCUT2D eigenvalue weighted by Gasteiger charge is -2.14. The van der Waals surface area contributed by atoms with Crippen LogP contribution in [0.3, 0.4) is 0 Å². The largest absolute Gasteiger partial charge is 0.496 e. The van der Waals surface area contributed by atoms with Crippen LogP contribution in [-0.4, -0.2) is 22.4 Å². The van der Waals surface area contributed by atoms with Gasteiger partial charge in [0.2, 0.25) is 0 Å². The maximum absolute atomic E-state index is 13.0. The molecule has 0 amide bonds. The molecule has 3 rings (SSSR count). The van der Waals surface area contributed by atoms with Gasteiger partial charge in [-0.15, -0.1) is 0 Å². The van der Waals surface area contributed by atoms with E-state index in [1.54, 1.807) is 23.8 Å². The topological polar surface area (TPSA) is 67.9 Å². The van der Waals surface area contributed by atoms with Gasteiger partial charge in [-0.3, -0.25) is 9.36 Å². The van der Waals surface area contributed by atoms with Crippen molar-refractivity contribution in [3.8, 4) is 11.8 Å². The number of halogens is 1. The first-order valence-electron chi connectivity index (χ1n) is 7.46. The first-order valence-corrected chi connectivity index (χ1v) is 9.23. The van der Waals surface area contributed by atoms with Crippen LogP contribution in [0.4, 0.5) is 0 Å². The lowest BCUT2D eigenvalue weighted by molar-refractivity contribution is 0.407. The molecule has 0 aliphatic rings. The number of nitrogens with zero attached hydrogens (tertiary/aromatic N) is 3.